The molecule has 0 heterocycles. The molecule has 142 valence electrons. The van der Waals surface area contributed by atoms with Crippen LogP contribution in [0.3, 0.4) is 0 Å². The number of rotatable bonds is 6. The summed E-state index contributed by atoms with van der Waals surface area (Å²) >= 11 is 0. The van der Waals surface area contributed by atoms with E-state index in [1.807, 2.05) is 31.2 Å². The number of carboxylic acid groups (broad SMARTS) is 1. The zero-order valence-corrected chi connectivity index (χ0v) is 15.8. The first-order valence-corrected chi connectivity index (χ1v) is 9.57. The lowest BCUT2D eigenvalue weighted by atomic mass is 10.2. The summed E-state index contributed by atoms with van der Waals surface area (Å²) in [6.45, 7) is 1.96. The maximum Gasteiger partial charge on any atom is 0.335 e. The minimum absolute atomic E-state index is 0.0910. The van der Waals surface area contributed by atoms with Gasteiger partial charge in [-0.25, -0.2) is 9.00 Å². The minimum atomic E-state index is -1.66. The molecule has 0 fully saturated rings. The molecule has 0 aliphatic rings. The summed E-state index contributed by atoms with van der Waals surface area (Å²) in [5.74, 6) is -1.38. The van der Waals surface area contributed by atoms with Gasteiger partial charge in [0.1, 0.15) is 11.0 Å². The molecule has 1 atom stereocenters. The Morgan fingerprint density at radius 1 is 0.857 bits per heavy atom. The number of hydrogen-bond donors (Lipinski definition) is 3. The zero-order chi connectivity index (χ0) is 20.1. The number of benzene rings is 3. The third-order valence-corrected chi connectivity index (χ3v) is 5.04. The number of carbonyl (C=O) groups is 2. The lowest BCUT2D eigenvalue weighted by Crippen LogP contribution is -2.13. The van der Waals surface area contributed by atoms with E-state index in [0.717, 1.165) is 5.56 Å². The smallest absolute Gasteiger partial charge is 0.335 e. The highest BCUT2D eigenvalue weighted by Gasteiger charge is 2.11. The number of amides is 1. The van der Waals surface area contributed by atoms with Crippen LogP contribution in [0.5, 0.6) is 0 Å². The van der Waals surface area contributed by atoms with Gasteiger partial charge in [-0.2, -0.15) is 0 Å². The third kappa shape index (κ3) is 4.83. The van der Waals surface area contributed by atoms with Crippen molar-refractivity contribution in [1.82, 2.24) is 0 Å². The van der Waals surface area contributed by atoms with Gasteiger partial charge in [-0.3, -0.25) is 4.79 Å². The number of carbonyl (C=O) groups excluding carboxylic acids is 1. The first kappa shape index (κ1) is 19.3. The first-order chi connectivity index (χ1) is 13.4. The van der Waals surface area contributed by atoms with Crippen molar-refractivity contribution >= 4 is 34.2 Å². The topological polar surface area (TPSA) is 95.5 Å². The van der Waals surface area contributed by atoms with Gasteiger partial charge in [0.15, 0.2) is 0 Å². The van der Waals surface area contributed by atoms with Crippen LogP contribution < -0.4 is 10.0 Å². The van der Waals surface area contributed by atoms with Crippen LogP contribution in [-0.4, -0.2) is 21.2 Å². The van der Waals surface area contributed by atoms with Crippen LogP contribution in [0, 0.1) is 6.92 Å². The number of hydrogen-bond acceptors (Lipinski definition) is 3. The second kappa shape index (κ2) is 8.49. The normalized spacial score (nSPS) is 11.5. The van der Waals surface area contributed by atoms with Crippen molar-refractivity contribution in [3.8, 4) is 0 Å². The van der Waals surface area contributed by atoms with Gasteiger partial charge in [-0.1, -0.05) is 29.8 Å². The first-order valence-electron chi connectivity index (χ1n) is 8.42. The summed E-state index contributed by atoms with van der Waals surface area (Å²) < 4.78 is 15.3. The van der Waals surface area contributed by atoms with Crippen molar-refractivity contribution in [1.29, 1.82) is 0 Å². The van der Waals surface area contributed by atoms with E-state index in [4.69, 9.17) is 5.11 Å². The molecule has 0 aliphatic carbocycles. The summed E-state index contributed by atoms with van der Waals surface area (Å²) in [5, 5.41) is 11.8. The van der Waals surface area contributed by atoms with Crippen molar-refractivity contribution < 1.29 is 18.9 Å². The summed E-state index contributed by atoms with van der Waals surface area (Å²) in [7, 11) is -1.66. The van der Waals surface area contributed by atoms with Crippen LogP contribution in [0.4, 0.5) is 11.4 Å². The average molecular weight is 394 g/mol. The lowest BCUT2D eigenvalue weighted by molar-refractivity contribution is 0.0696. The van der Waals surface area contributed by atoms with E-state index in [1.165, 1.54) is 18.2 Å². The van der Waals surface area contributed by atoms with Crippen LogP contribution in [0.2, 0.25) is 0 Å². The number of aryl methyl sites for hydroxylation is 1. The molecule has 3 N–H and O–H groups in total. The van der Waals surface area contributed by atoms with E-state index in [9.17, 15) is 13.8 Å². The fraction of sp³-hybridized carbons (Fsp3) is 0.0476. The van der Waals surface area contributed by atoms with E-state index < -0.39 is 17.0 Å². The molecular formula is C21H18N2O4S. The molecule has 6 nitrogen and oxygen atoms in total. The molecule has 7 heteroatoms. The molecule has 0 bridgehead atoms. The fourth-order valence-electron chi connectivity index (χ4n) is 2.47. The molecule has 0 aromatic heterocycles. The van der Waals surface area contributed by atoms with Crippen LogP contribution >= 0.6 is 0 Å². The molecule has 3 aromatic rings. The maximum absolute atomic E-state index is 12.6. The van der Waals surface area contributed by atoms with E-state index in [1.54, 1.807) is 30.3 Å². The van der Waals surface area contributed by atoms with Crippen molar-refractivity contribution in [2.45, 2.75) is 11.8 Å². The predicted molar refractivity (Wildman–Crippen MR) is 109 cm³/mol. The molecule has 28 heavy (non-hydrogen) atoms. The molecule has 3 aromatic carbocycles. The van der Waals surface area contributed by atoms with Gasteiger partial charge >= 0.3 is 5.97 Å². The average Bonchev–Trinajstić information content (AvgIpc) is 2.70. The van der Waals surface area contributed by atoms with E-state index in [-0.39, 0.29) is 11.5 Å². The van der Waals surface area contributed by atoms with Crippen molar-refractivity contribution in [2.24, 2.45) is 0 Å². The van der Waals surface area contributed by atoms with E-state index >= 15 is 0 Å². The van der Waals surface area contributed by atoms with E-state index in [0.29, 0.717) is 21.8 Å². The molecule has 1 amide bonds. The lowest BCUT2D eigenvalue weighted by Gasteiger charge is -2.09. The quantitative estimate of drug-likeness (QED) is 0.587. The Morgan fingerprint density at radius 2 is 1.54 bits per heavy atom. The monoisotopic (exact) mass is 394 g/mol. The van der Waals surface area contributed by atoms with Gasteiger partial charge < -0.3 is 15.1 Å². The molecule has 0 saturated heterocycles. The van der Waals surface area contributed by atoms with E-state index in [2.05, 4.69) is 10.0 Å². The van der Waals surface area contributed by atoms with Crippen molar-refractivity contribution in [3.05, 3.63) is 89.5 Å². The molecule has 0 aliphatic heterocycles. The molecule has 0 radical (unpaired) electrons. The number of nitrogens with one attached hydrogen (secondary N) is 2. The van der Waals surface area contributed by atoms with Crippen LogP contribution in [0.25, 0.3) is 0 Å². The number of carboxylic acids is 1. The Morgan fingerprint density at radius 3 is 2.25 bits per heavy atom. The van der Waals surface area contributed by atoms with Gasteiger partial charge in [0.05, 0.1) is 10.5 Å². The Bertz CT molecular complexity index is 1050. The highest BCUT2D eigenvalue weighted by Crippen LogP contribution is 2.17. The Kier molecular flexibility index (Phi) is 5.86. The van der Waals surface area contributed by atoms with Gasteiger partial charge in [0, 0.05) is 16.9 Å². The SMILES string of the molecule is Cc1ccc(NC(=O)c2cccc(S(=O)Nc3cccc(C(=O)O)c3)c2)cc1. The summed E-state index contributed by atoms with van der Waals surface area (Å²) in [6.07, 6.45) is 0. The van der Waals surface area contributed by atoms with Crippen molar-refractivity contribution in [3.63, 3.8) is 0 Å². The van der Waals surface area contributed by atoms with Gasteiger partial charge in [0.25, 0.3) is 5.91 Å². The largest absolute Gasteiger partial charge is 0.478 e. The highest BCUT2D eigenvalue weighted by molar-refractivity contribution is 7.86. The van der Waals surface area contributed by atoms with Crippen LogP contribution in [0.15, 0.2) is 77.7 Å². The van der Waals surface area contributed by atoms with Crippen LogP contribution in [0.1, 0.15) is 26.3 Å². The molecule has 0 spiro atoms. The highest BCUT2D eigenvalue weighted by atomic mass is 32.2. The van der Waals surface area contributed by atoms with Crippen molar-refractivity contribution in [2.75, 3.05) is 10.0 Å². The Balaban J connectivity index is 1.74. The standard InChI is InChI=1S/C21H18N2O4S/c1-14-8-10-17(11-9-14)22-20(24)15-4-3-7-19(13-15)28(27)23-18-6-2-5-16(12-18)21(25)26/h2-13,23H,1H3,(H,22,24)(H,25,26). The minimum Gasteiger partial charge on any atom is -0.478 e. The van der Waals surface area contributed by atoms with Gasteiger partial charge in [-0.05, 0) is 55.5 Å². The Labute approximate surface area is 164 Å². The second-order valence-corrected chi connectivity index (χ2v) is 7.32. The summed E-state index contributed by atoms with van der Waals surface area (Å²) in [5.41, 5.74) is 2.63. The third-order valence-electron chi connectivity index (χ3n) is 3.94. The summed E-state index contributed by atoms with van der Waals surface area (Å²) in [4.78, 5) is 23.9. The number of anilines is 2. The summed E-state index contributed by atoms with van der Waals surface area (Å²) in [6, 6.07) is 19.9. The van der Waals surface area contributed by atoms with Gasteiger partial charge in [-0.15, -0.1) is 0 Å². The predicted octanol–water partition coefficient (Wildman–Crippen LogP) is 4.08. The van der Waals surface area contributed by atoms with Gasteiger partial charge in [0.2, 0.25) is 0 Å². The molecule has 0 saturated carbocycles. The van der Waals surface area contributed by atoms with Crippen LogP contribution in [-0.2, 0) is 11.0 Å². The maximum atomic E-state index is 12.6. The molecular weight excluding hydrogens is 376 g/mol. The Hall–Kier alpha value is -3.45. The second-order valence-electron chi connectivity index (χ2n) is 6.10. The molecule has 3 rings (SSSR count). The zero-order valence-electron chi connectivity index (χ0n) is 15.0. The fourth-order valence-corrected chi connectivity index (χ4v) is 3.37. The number of aromatic carboxylic acids is 1. The molecule has 1 unspecified atom stereocenters.